The fourth-order valence-electron chi connectivity index (χ4n) is 2.55. The van der Waals surface area contributed by atoms with Crippen molar-refractivity contribution in [3.05, 3.63) is 41.1 Å². The minimum absolute atomic E-state index is 0.150. The molecule has 7 heteroatoms. The molecule has 2 heterocycles. The number of aryl methyl sites for hydroxylation is 1. The van der Waals surface area contributed by atoms with E-state index in [1.165, 1.54) is 0 Å². The van der Waals surface area contributed by atoms with Crippen molar-refractivity contribution in [1.82, 2.24) is 10.1 Å². The van der Waals surface area contributed by atoms with E-state index in [9.17, 15) is 4.79 Å². The van der Waals surface area contributed by atoms with Crippen LogP contribution in [0.25, 0.3) is 0 Å². The quantitative estimate of drug-likeness (QED) is 0.858. The van der Waals surface area contributed by atoms with Crippen LogP contribution in [0.15, 0.2) is 34.9 Å². The molecule has 1 fully saturated rings. The van der Waals surface area contributed by atoms with Crippen LogP contribution in [0, 0.1) is 6.92 Å². The van der Waals surface area contributed by atoms with Gasteiger partial charge in [0.2, 0.25) is 6.23 Å². The smallest absolute Gasteiger partial charge is 0.327 e. The van der Waals surface area contributed by atoms with Crippen LogP contribution >= 0.6 is 11.6 Å². The van der Waals surface area contributed by atoms with Gasteiger partial charge in [-0.15, -0.1) is 0 Å². The summed E-state index contributed by atoms with van der Waals surface area (Å²) in [6.45, 7) is 5.67. The highest BCUT2D eigenvalue weighted by atomic mass is 35.5. The summed E-state index contributed by atoms with van der Waals surface area (Å²) in [5.74, 6) is 0.996. The molecule has 122 valence electrons. The number of benzene rings is 1. The predicted octanol–water partition coefficient (Wildman–Crippen LogP) is 3.69. The number of urea groups is 1. The lowest BCUT2D eigenvalue weighted by atomic mass is 10.0. The zero-order valence-electron chi connectivity index (χ0n) is 13.4. The fraction of sp³-hybridized carbons (Fsp3) is 0.375. The molecule has 0 bridgehead atoms. The Morgan fingerprint density at radius 1 is 1.30 bits per heavy atom. The first-order valence-electron chi connectivity index (χ1n) is 7.23. The molecule has 1 atom stereocenters. The first kappa shape index (κ1) is 15.7. The maximum Gasteiger partial charge on any atom is 0.327 e. The van der Waals surface area contributed by atoms with Gasteiger partial charge in [-0.1, -0.05) is 11.6 Å². The Morgan fingerprint density at radius 2 is 1.96 bits per heavy atom. The summed E-state index contributed by atoms with van der Waals surface area (Å²) in [7, 11) is 1.75. The lowest BCUT2D eigenvalue weighted by molar-refractivity contribution is 0.0844. The second-order valence-corrected chi connectivity index (χ2v) is 6.52. The normalized spacial score (nSPS) is 20.2. The average molecular weight is 336 g/mol. The van der Waals surface area contributed by atoms with E-state index in [2.05, 4.69) is 5.16 Å². The summed E-state index contributed by atoms with van der Waals surface area (Å²) in [6.07, 6.45) is -0.550. The first-order valence-corrected chi connectivity index (χ1v) is 7.61. The van der Waals surface area contributed by atoms with E-state index in [1.54, 1.807) is 54.1 Å². The standard InChI is InChI=1S/C16H18ClN3O3/c1-10-9-13(18-23-10)22-14-16(2,3)19(4)15(21)20(14)12-7-5-11(17)6-8-12/h5-9,14H,1-4H3/t14-/m1/s1. The molecule has 1 aromatic heterocycles. The third-order valence-electron chi connectivity index (χ3n) is 4.14. The molecule has 2 aromatic rings. The van der Waals surface area contributed by atoms with Gasteiger partial charge in [0.05, 0.1) is 5.54 Å². The topological polar surface area (TPSA) is 58.8 Å². The molecule has 0 radical (unpaired) electrons. The molecule has 0 spiro atoms. The number of hydrogen-bond acceptors (Lipinski definition) is 4. The molecule has 1 aliphatic heterocycles. The van der Waals surface area contributed by atoms with E-state index in [4.69, 9.17) is 20.9 Å². The van der Waals surface area contributed by atoms with Crippen molar-refractivity contribution in [2.75, 3.05) is 11.9 Å². The average Bonchev–Trinajstić information content (AvgIpc) is 2.98. The van der Waals surface area contributed by atoms with E-state index in [0.29, 0.717) is 22.4 Å². The van der Waals surface area contributed by atoms with Crippen LogP contribution in [-0.2, 0) is 0 Å². The van der Waals surface area contributed by atoms with Gasteiger partial charge >= 0.3 is 6.03 Å². The van der Waals surface area contributed by atoms with Crippen LogP contribution in [-0.4, -0.2) is 34.9 Å². The number of carbonyl (C=O) groups excluding carboxylic acids is 1. The van der Waals surface area contributed by atoms with Crippen LogP contribution in [0.1, 0.15) is 19.6 Å². The van der Waals surface area contributed by atoms with Gasteiger partial charge in [0.15, 0.2) is 0 Å². The SMILES string of the molecule is Cc1cc(O[C@H]2N(c3ccc(Cl)cc3)C(=O)N(C)C2(C)C)no1. The van der Waals surface area contributed by atoms with E-state index < -0.39 is 11.8 Å². The highest BCUT2D eigenvalue weighted by Crippen LogP contribution is 2.36. The second kappa shape index (κ2) is 5.45. The summed E-state index contributed by atoms with van der Waals surface area (Å²) < 4.78 is 11.0. The van der Waals surface area contributed by atoms with Crippen LogP contribution in [0.3, 0.4) is 0 Å². The van der Waals surface area contributed by atoms with Crippen molar-refractivity contribution >= 4 is 23.3 Å². The predicted molar refractivity (Wildman–Crippen MR) is 86.8 cm³/mol. The first-order chi connectivity index (χ1) is 10.8. The second-order valence-electron chi connectivity index (χ2n) is 6.09. The number of carbonyl (C=O) groups is 1. The van der Waals surface area contributed by atoms with Gasteiger partial charge in [0.1, 0.15) is 5.76 Å². The molecule has 2 amide bonds. The Hall–Kier alpha value is -2.21. The highest BCUT2D eigenvalue weighted by Gasteiger charge is 2.52. The molecule has 0 saturated carbocycles. The lowest BCUT2D eigenvalue weighted by Crippen LogP contribution is -2.49. The summed E-state index contributed by atoms with van der Waals surface area (Å²) >= 11 is 5.94. The number of likely N-dealkylation sites (N-methyl/N-ethyl adjacent to an activating group) is 1. The third-order valence-corrected chi connectivity index (χ3v) is 4.39. The van der Waals surface area contributed by atoms with Crippen LogP contribution in [0.4, 0.5) is 10.5 Å². The van der Waals surface area contributed by atoms with Crippen molar-refractivity contribution < 1.29 is 14.1 Å². The van der Waals surface area contributed by atoms with Crippen molar-refractivity contribution in [2.24, 2.45) is 0 Å². The molecule has 0 unspecified atom stereocenters. The molecule has 1 aromatic carbocycles. The minimum atomic E-state index is -0.552. The molecule has 1 saturated heterocycles. The molecular formula is C16H18ClN3O3. The van der Waals surface area contributed by atoms with Crippen LogP contribution < -0.4 is 9.64 Å². The van der Waals surface area contributed by atoms with Gasteiger partial charge in [0, 0.05) is 23.8 Å². The van der Waals surface area contributed by atoms with Crippen molar-refractivity contribution in [3.8, 4) is 5.88 Å². The van der Waals surface area contributed by atoms with Gasteiger partial charge in [-0.25, -0.2) is 4.79 Å². The number of rotatable bonds is 3. The Labute approximate surface area is 139 Å². The van der Waals surface area contributed by atoms with Gasteiger partial charge in [0.25, 0.3) is 5.88 Å². The molecule has 1 aliphatic rings. The van der Waals surface area contributed by atoms with Crippen molar-refractivity contribution in [1.29, 1.82) is 0 Å². The summed E-state index contributed by atoms with van der Waals surface area (Å²) in [5.41, 5.74) is 0.158. The maximum atomic E-state index is 12.7. The summed E-state index contributed by atoms with van der Waals surface area (Å²) in [6, 6.07) is 8.61. The zero-order chi connectivity index (χ0) is 16.8. The Morgan fingerprint density at radius 3 is 2.52 bits per heavy atom. The van der Waals surface area contributed by atoms with Crippen molar-refractivity contribution in [2.45, 2.75) is 32.5 Å². The molecular weight excluding hydrogens is 318 g/mol. The molecule has 6 nitrogen and oxygen atoms in total. The third kappa shape index (κ3) is 2.63. The number of hydrogen-bond donors (Lipinski definition) is 0. The Kier molecular flexibility index (Phi) is 3.72. The molecule has 3 rings (SSSR count). The fourth-order valence-corrected chi connectivity index (χ4v) is 2.67. The maximum absolute atomic E-state index is 12.7. The zero-order valence-corrected chi connectivity index (χ0v) is 14.2. The number of nitrogens with zero attached hydrogens (tertiary/aromatic N) is 3. The lowest BCUT2D eigenvalue weighted by Gasteiger charge is -2.32. The Bertz CT molecular complexity index is 726. The van der Waals surface area contributed by atoms with E-state index >= 15 is 0 Å². The van der Waals surface area contributed by atoms with Gasteiger partial charge in [-0.2, -0.15) is 0 Å². The molecule has 23 heavy (non-hydrogen) atoms. The molecule has 0 N–H and O–H groups in total. The van der Waals surface area contributed by atoms with E-state index in [-0.39, 0.29) is 6.03 Å². The van der Waals surface area contributed by atoms with E-state index in [0.717, 1.165) is 0 Å². The van der Waals surface area contributed by atoms with Gasteiger partial charge in [-0.05, 0) is 50.2 Å². The summed E-state index contributed by atoms with van der Waals surface area (Å²) in [4.78, 5) is 16.0. The van der Waals surface area contributed by atoms with Gasteiger partial charge in [-0.3, -0.25) is 4.90 Å². The van der Waals surface area contributed by atoms with Crippen LogP contribution in [0.5, 0.6) is 5.88 Å². The largest absolute Gasteiger partial charge is 0.448 e. The number of halogens is 1. The number of anilines is 1. The number of ether oxygens (including phenoxy) is 1. The number of amides is 2. The number of aromatic nitrogens is 1. The van der Waals surface area contributed by atoms with E-state index in [1.807, 2.05) is 13.8 Å². The van der Waals surface area contributed by atoms with Crippen molar-refractivity contribution in [3.63, 3.8) is 0 Å². The van der Waals surface area contributed by atoms with Crippen LogP contribution in [0.2, 0.25) is 5.02 Å². The minimum Gasteiger partial charge on any atom is -0.448 e. The molecule has 0 aliphatic carbocycles. The van der Waals surface area contributed by atoms with Gasteiger partial charge < -0.3 is 14.2 Å². The highest BCUT2D eigenvalue weighted by molar-refractivity contribution is 6.30. The summed E-state index contributed by atoms with van der Waals surface area (Å²) in [5, 5.41) is 4.47. The Balaban J connectivity index is 1.99. The monoisotopic (exact) mass is 335 g/mol.